The summed E-state index contributed by atoms with van der Waals surface area (Å²) >= 11 is 1.10. The van der Waals surface area contributed by atoms with Gasteiger partial charge in [0.05, 0.1) is 22.6 Å². The maximum absolute atomic E-state index is 12.8. The molecule has 0 aliphatic heterocycles. The molecule has 6 nitrogen and oxygen atoms in total. The molecule has 0 saturated carbocycles. The van der Waals surface area contributed by atoms with Gasteiger partial charge in [-0.1, -0.05) is 30.3 Å². The van der Waals surface area contributed by atoms with E-state index in [-0.39, 0.29) is 10.8 Å². The van der Waals surface area contributed by atoms with Crippen LogP contribution < -0.4 is 14.4 Å². The van der Waals surface area contributed by atoms with E-state index in [9.17, 15) is 13.2 Å². The molecule has 28 heavy (non-hydrogen) atoms. The van der Waals surface area contributed by atoms with Gasteiger partial charge in [0, 0.05) is 19.0 Å². The SMILES string of the molecule is COc1ccc(CNC(=O)c2cc(S(=O)(=O)N(C)c3ccccc3)cs2)cc1. The van der Waals surface area contributed by atoms with E-state index >= 15 is 0 Å². The van der Waals surface area contributed by atoms with Gasteiger partial charge in [0.15, 0.2) is 0 Å². The summed E-state index contributed by atoms with van der Waals surface area (Å²) in [5.74, 6) is 0.426. The minimum Gasteiger partial charge on any atom is -0.497 e. The molecule has 2 aromatic carbocycles. The van der Waals surface area contributed by atoms with E-state index in [1.807, 2.05) is 30.3 Å². The van der Waals surface area contributed by atoms with Crippen LogP contribution in [0.15, 0.2) is 70.9 Å². The number of nitrogens with one attached hydrogen (secondary N) is 1. The fourth-order valence-electron chi connectivity index (χ4n) is 2.52. The summed E-state index contributed by atoms with van der Waals surface area (Å²) in [5.41, 5.74) is 1.47. The zero-order valence-electron chi connectivity index (χ0n) is 15.5. The topological polar surface area (TPSA) is 75.7 Å². The number of carbonyl (C=O) groups is 1. The van der Waals surface area contributed by atoms with Crippen LogP contribution in [0.4, 0.5) is 5.69 Å². The van der Waals surface area contributed by atoms with Gasteiger partial charge < -0.3 is 10.1 Å². The smallest absolute Gasteiger partial charge is 0.264 e. The van der Waals surface area contributed by atoms with Gasteiger partial charge >= 0.3 is 0 Å². The molecule has 3 rings (SSSR count). The first-order chi connectivity index (χ1) is 13.4. The van der Waals surface area contributed by atoms with E-state index in [1.165, 1.54) is 22.8 Å². The molecule has 0 saturated heterocycles. The Morgan fingerprint density at radius 2 is 1.79 bits per heavy atom. The molecule has 0 spiro atoms. The normalized spacial score (nSPS) is 11.1. The molecule has 1 amide bonds. The highest BCUT2D eigenvalue weighted by molar-refractivity contribution is 7.93. The van der Waals surface area contributed by atoms with Crippen molar-refractivity contribution in [2.75, 3.05) is 18.5 Å². The summed E-state index contributed by atoms with van der Waals surface area (Å²) in [6, 6.07) is 17.5. The van der Waals surface area contributed by atoms with Crippen molar-refractivity contribution in [1.29, 1.82) is 0 Å². The zero-order chi connectivity index (χ0) is 20.1. The van der Waals surface area contributed by atoms with Crippen molar-refractivity contribution < 1.29 is 17.9 Å². The second-order valence-corrected chi connectivity index (χ2v) is 8.87. The number of methoxy groups -OCH3 is 1. The molecule has 0 atom stereocenters. The highest BCUT2D eigenvalue weighted by atomic mass is 32.2. The van der Waals surface area contributed by atoms with E-state index < -0.39 is 10.0 Å². The number of rotatable bonds is 7. The quantitative estimate of drug-likeness (QED) is 0.640. The number of sulfonamides is 1. The molecule has 0 aliphatic rings. The maximum Gasteiger partial charge on any atom is 0.264 e. The molecule has 1 N–H and O–H groups in total. The highest BCUT2D eigenvalue weighted by Gasteiger charge is 2.24. The number of hydrogen-bond donors (Lipinski definition) is 1. The number of benzene rings is 2. The summed E-state index contributed by atoms with van der Waals surface area (Å²) in [6.45, 7) is 0.340. The van der Waals surface area contributed by atoms with Crippen LogP contribution in [0, 0.1) is 0 Å². The lowest BCUT2D eigenvalue weighted by atomic mass is 10.2. The number of thiophene rings is 1. The van der Waals surface area contributed by atoms with Crippen molar-refractivity contribution in [3.05, 3.63) is 76.5 Å². The molecule has 8 heteroatoms. The maximum atomic E-state index is 12.8. The average molecular weight is 417 g/mol. The van der Waals surface area contributed by atoms with Gasteiger partial charge in [-0.2, -0.15) is 0 Å². The Balaban J connectivity index is 1.69. The van der Waals surface area contributed by atoms with E-state index in [4.69, 9.17) is 4.74 Å². The Morgan fingerprint density at radius 1 is 1.11 bits per heavy atom. The molecule has 0 unspecified atom stereocenters. The molecule has 1 heterocycles. The summed E-state index contributed by atoms with van der Waals surface area (Å²) in [4.78, 5) is 12.8. The Labute approximate surface area is 168 Å². The Hall–Kier alpha value is -2.84. The Bertz CT molecular complexity index is 1050. The first-order valence-corrected chi connectivity index (χ1v) is 10.8. The molecule has 1 aromatic heterocycles. The fourth-order valence-corrected chi connectivity index (χ4v) is 4.89. The number of nitrogens with zero attached hydrogens (tertiary/aromatic N) is 1. The minimum absolute atomic E-state index is 0.0958. The van der Waals surface area contributed by atoms with Crippen LogP contribution in [-0.2, 0) is 16.6 Å². The first-order valence-electron chi connectivity index (χ1n) is 8.45. The lowest BCUT2D eigenvalue weighted by Crippen LogP contribution is -2.26. The second-order valence-electron chi connectivity index (χ2n) is 5.99. The summed E-state index contributed by atoms with van der Waals surface area (Å²) in [7, 11) is -0.646. The molecule has 0 radical (unpaired) electrons. The largest absolute Gasteiger partial charge is 0.497 e. The zero-order valence-corrected chi connectivity index (χ0v) is 17.1. The molecular formula is C20H20N2O4S2. The third kappa shape index (κ3) is 4.35. The van der Waals surface area contributed by atoms with Crippen molar-refractivity contribution in [1.82, 2.24) is 5.32 Å². The number of para-hydroxylation sites is 1. The van der Waals surface area contributed by atoms with Crippen LogP contribution in [0.2, 0.25) is 0 Å². The monoisotopic (exact) mass is 416 g/mol. The number of amides is 1. The van der Waals surface area contributed by atoms with E-state index in [2.05, 4.69) is 5.32 Å². The van der Waals surface area contributed by atoms with Gasteiger partial charge in [0.2, 0.25) is 0 Å². The van der Waals surface area contributed by atoms with E-state index in [0.717, 1.165) is 22.6 Å². The van der Waals surface area contributed by atoms with Crippen LogP contribution in [0.1, 0.15) is 15.2 Å². The molecule has 3 aromatic rings. The summed E-state index contributed by atoms with van der Waals surface area (Å²) < 4.78 is 31.9. The molecule has 0 aliphatic carbocycles. The molecular weight excluding hydrogens is 396 g/mol. The number of ether oxygens (including phenoxy) is 1. The third-order valence-corrected chi connectivity index (χ3v) is 7.03. The fraction of sp³-hybridized carbons (Fsp3) is 0.150. The summed E-state index contributed by atoms with van der Waals surface area (Å²) in [6.07, 6.45) is 0. The van der Waals surface area contributed by atoms with Crippen LogP contribution in [-0.4, -0.2) is 28.5 Å². The number of anilines is 1. The predicted molar refractivity (Wildman–Crippen MR) is 111 cm³/mol. The van der Waals surface area contributed by atoms with Gasteiger partial charge in [0.1, 0.15) is 5.75 Å². The number of carbonyl (C=O) groups excluding carboxylic acids is 1. The van der Waals surface area contributed by atoms with Gasteiger partial charge in [-0.05, 0) is 35.9 Å². The molecule has 0 bridgehead atoms. The second kappa shape index (κ2) is 8.45. The van der Waals surface area contributed by atoms with Crippen LogP contribution in [0.25, 0.3) is 0 Å². The lowest BCUT2D eigenvalue weighted by molar-refractivity contribution is 0.0955. The van der Waals surface area contributed by atoms with E-state index in [0.29, 0.717) is 17.1 Å². The average Bonchev–Trinajstić information content (AvgIpc) is 3.23. The molecule has 146 valence electrons. The van der Waals surface area contributed by atoms with Gasteiger partial charge in [-0.25, -0.2) is 8.42 Å². The van der Waals surface area contributed by atoms with Gasteiger partial charge in [-0.15, -0.1) is 11.3 Å². The third-order valence-electron chi connectivity index (χ3n) is 4.19. The van der Waals surface area contributed by atoms with Crippen molar-refractivity contribution in [3.63, 3.8) is 0 Å². The summed E-state index contributed by atoms with van der Waals surface area (Å²) in [5, 5.41) is 4.28. The number of hydrogen-bond acceptors (Lipinski definition) is 5. The predicted octanol–water partition coefficient (Wildman–Crippen LogP) is 3.51. The van der Waals surface area contributed by atoms with Crippen LogP contribution in [0.5, 0.6) is 5.75 Å². The van der Waals surface area contributed by atoms with Crippen LogP contribution in [0.3, 0.4) is 0 Å². The Morgan fingerprint density at radius 3 is 2.43 bits per heavy atom. The van der Waals surface area contributed by atoms with Crippen molar-refractivity contribution >= 4 is 33.0 Å². The van der Waals surface area contributed by atoms with E-state index in [1.54, 1.807) is 31.4 Å². The lowest BCUT2D eigenvalue weighted by Gasteiger charge is -2.18. The van der Waals surface area contributed by atoms with Gasteiger partial charge in [0.25, 0.3) is 15.9 Å². The van der Waals surface area contributed by atoms with Crippen molar-refractivity contribution in [3.8, 4) is 5.75 Å². The first kappa shape index (κ1) is 19.9. The Kier molecular flexibility index (Phi) is 6.01. The molecule has 0 fully saturated rings. The van der Waals surface area contributed by atoms with Crippen molar-refractivity contribution in [2.24, 2.45) is 0 Å². The van der Waals surface area contributed by atoms with Crippen molar-refractivity contribution in [2.45, 2.75) is 11.4 Å². The standard InChI is InChI=1S/C20H20N2O4S2/c1-22(16-6-4-3-5-7-16)28(24,25)18-12-19(27-14-18)20(23)21-13-15-8-10-17(26-2)11-9-15/h3-12,14H,13H2,1-2H3,(H,21,23). The minimum atomic E-state index is -3.73. The van der Waals surface area contributed by atoms with Gasteiger partial charge in [-0.3, -0.25) is 9.10 Å². The van der Waals surface area contributed by atoms with Crippen LogP contribution >= 0.6 is 11.3 Å². The highest BCUT2D eigenvalue weighted by Crippen LogP contribution is 2.25.